The summed E-state index contributed by atoms with van der Waals surface area (Å²) < 4.78 is 37.1. The van der Waals surface area contributed by atoms with Crippen LogP contribution in [0.4, 0.5) is 0 Å². The van der Waals surface area contributed by atoms with Gasteiger partial charge in [-0.3, -0.25) is 9.36 Å². The van der Waals surface area contributed by atoms with Gasteiger partial charge in [-0.1, -0.05) is 6.07 Å². The van der Waals surface area contributed by atoms with Crippen LogP contribution in [-0.4, -0.2) is 26.3 Å². The molecule has 0 bridgehead atoms. The van der Waals surface area contributed by atoms with E-state index < -0.39 is 26.2 Å². The highest BCUT2D eigenvalue weighted by Crippen LogP contribution is 2.14. The Morgan fingerprint density at radius 2 is 1.88 bits per heavy atom. The quantitative estimate of drug-likeness (QED) is 0.669. The minimum atomic E-state index is -4.07. The molecule has 0 amide bonds. The number of sulfonamides is 1. The van der Waals surface area contributed by atoms with Crippen LogP contribution >= 0.6 is 11.7 Å². The van der Waals surface area contributed by atoms with Gasteiger partial charge in [-0.05, 0) is 17.7 Å². The zero-order valence-corrected chi connectivity index (χ0v) is 14.4. The van der Waals surface area contributed by atoms with Gasteiger partial charge in [0.1, 0.15) is 11.0 Å². The fourth-order valence-electron chi connectivity index (χ4n) is 2.15. The largest absolute Gasteiger partial charge is 0.330 e. The second-order valence-electron chi connectivity index (χ2n) is 5.16. The second kappa shape index (κ2) is 5.92. The van der Waals surface area contributed by atoms with Crippen molar-refractivity contribution in [2.45, 2.75) is 11.4 Å². The van der Waals surface area contributed by atoms with Crippen molar-refractivity contribution < 1.29 is 8.42 Å². The molecule has 3 rings (SSSR count). The van der Waals surface area contributed by atoms with E-state index in [2.05, 4.69) is 13.5 Å². The Labute approximate surface area is 140 Å². The zero-order chi connectivity index (χ0) is 17.5. The van der Waals surface area contributed by atoms with Crippen LogP contribution in [0.2, 0.25) is 0 Å². The Morgan fingerprint density at radius 1 is 1.17 bits per heavy atom. The summed E-state index contributed by atoms with van der Waals surface area (Å²) >= 11 is 1.07. The van der Waals surface area contributed by atoms with E-state index in [0.717, 1.165) is 32.6 Å². The molecule has 0 aliphatic heterocycles. The molecule has 0 aliphatic carbocycles. The van der Waals surface area contributed by atoms with Crippen LogP contribution in [0.1, 0.15) is 5.56 Å². The molecule has 0 spiro atoms. The van der Waals surface area contributed by atoms with Crippen LogP contribution in [0.15, 0.2) is 38.9 Å². The predicted molar refractivity (Wildman–Crippen MR) is 88.4 cm³/mol. The van der Waals surface area contributed by atoms with Crippen molar-refractivity contribution in [2.24, 2.45) is 14.1 Å². The topological polar surface area (TPSA) is 116 Å². The Morgan fingerprint density at radius 3 is 2.62 bits per heavy atom. The predicted octanol–water partition coefficient (Wildman–Crippen LogP) is -0.433. The molecule has 1 N–H and O–H groups in total. The molecule has 0 atom stereocenters. The number of aryl methyl sites for hydroxylation is 1. The lowest BCUT2D eigenvalue weighted by molar-refractivity contribution is 0.570. The van der Waals surface area contributed by atoms with Gasteiger partial charge in [0.2, 0.25) is 10.0 Å². The van der Waals surface area contributed by atoms with Crippen molar-refractivity contribution in [1.29, 1.82) is 0 Å². The van der Waals surface area contributed by atoms with E-state index in [-0.39, 0.29) is 6.54 Å². The number of aromatic nitrogens is 4. The lowest BCUT2D eigenvalue weighted by Gasteiger charge is -2.09. The van der Waals surface area contributed by atoms with E-state index >= 15 is 0 Å². The molecule has 1 aromatic carbocycles. The minimum Gasteiger partial charge on any atom is -0.302 e. The van der Waals surface area contributed by atoms with E-state index in [1.54, 1.807) is 18.2 Å². The molecule has 3 aromatic rings. The monoisotopic (exact) mass is 367 g/mol. The van der Waals surface area contributed by atoms with Gasteiger partial charge in [-0.25, -0.2) is 17.9 Å². The zero-order valence-electron chi connectivity index (χ0n) is 12.8. The summed E-state index contributed by atoms with van der Waals surface area (Å²) in [7, 11) is -1.46. The first-order chi connectivity index (χ1) is 11.3. The smallest absolute Gasteiger partial charge is 0.302 e. The van der Waals surface area contributed by atoms with Gasteiger partial charge in [0.05, 0.1) is 11.7 Å². The highest BCUT2D eigenvalue weighted by Gasteiger charge is 2.21. The number of hydrogen-bond donors (Lipinski definition) is 1. The Hall–Kier alpha value is -2.37. The minimum absolute atomic E-state index is 0.0121. The number of rotatable bonds is 4. The van der Waals surface area contributed by atoms with E-state index in [0.29, 0.717) is 11.1 Å². The Balaban J connectivity index is 1.91. The molecule has 24 heavy (non-hydrogen) atoms. The average molecular weight is 367 g/mol. The summed E-state index contributed by atoms with van der Waals surface area (Å²) in [6, 6.07) is 5.19. The average Bonchev–Trinajstić information content (AvgIpc) is 3.02. The van der Waals surface area contributed by atoms with Crippen LogP contribution in [0, 0.1) is 0 Å². The maximum absolute atomic E-state index is 12.4. The van der Waals surface area contributed by atoms with Gasteiger partial charge in [0.25, 0.3) is 5.56 Å². The summed E-state index contributed by atoms with van der Waals surface area (Å²) in [5.74, 6) is 0. The molecule has 0 fully saturated rings. The van der Waals surface area contributed by atoms with Gasteiger partial charge in [0.15, 0.2) is 4.90 Å². The molecule has 9 nitrogen and oxygen atoms in total. The standard InChI is InChI=1S/C13H13N5O4S2/c1-17-7-11(12(19)18(2)13(17)20)24(21,22)14-6-8-3-4-9-10(5-8)16-23-15-9/h3-5,7,14H,6H2,1-2H3. The number of hydrogen-bond acceptors (Lipinski definition) is 7. The van der Waals surface area contributed by atoms with E-state index in [1.165, 1.54) is 14.1 Å². The van der Waals surface area contributed by atoms with Gasteiger partial charge in [-0.15, -0.1) is 0 Å². The first kappa shape index (κ1) is 16.5. The lowest BCUT2D eigenvalue weighted by atomic mass is 10.2. The molecule has 0 aliphatic rings. The SMILES string of the molecule is Cn1cc(S(=O)(=O)NCc2ccc3nsnc3c2)c(=O)n(C)c1=O. The van der Waals surface area contributed by atoms with Gasteiger partial charge >= 0.3 is 5.69 Å². The van der Waals surface area contributed by atoms with Crippen LogP contribution in [0.3, 0.4) is 0 Å². The first-order valence-corrected chi connectivity index (χ1v) is 8.98. The van der Waals surface area contributed by atoms with Gasteiger partial charge in [-0.2, -0.15) is 8.75 Å². The number of nitrogens with zero attached hydrogens (tertiary/aromatic N) is 4. The lowest BCUT2D eigenvalue weighted by Crippen LogP contribution is -2.41. The van der Waals surface area contributed by atoms with Crippen molar-refractivity contribution in [1.82, 2.24) is 22.6 Å². The first-order valence-electron chi connectivity index (χ1n) is 6.77. The Kier molecular flexibility index (Phi) is 4.07. The third-order valence-corrected chi connectivity index (χ3v) is 5.43. The normalized spacial score (nSPS) is 11.9. The van der Waals surface area contributed by atoms with Crippen LogP contribution in [-0.2, 0) is 30.7 Å². The molecule has 0 saturated heterocycles. The van der Waals surface area contributed by atoms with Crippen molar-refractivity contribution in [3.8, 4) is 0 Å². The van der Waals surface area contributed by atoms with Gasteiger partial charge < -0.3 is 4.57 Å². The van der Waals surface area contributed by atoms with Crippen molar-refractivity contribution >= 4 is 32.8 Å². The number of fused-ring (bicyclic) bond motifs is 1. The molecule has 11 heteroatoms. The molecular weight excluding hydrogens is 354 g/mol. The molecular formula is C13H13N5O4S2. The summed E-state index contributed by atoms with van der Waals surface area (Å²) in [5.41, 5.74) is 0.624. The second-order valence-corrected chi connectivity index (χ2v) is 7.43. The third-order valence-electron chi connectivity index (χ3n) is 3.49. The Bertz CT molecular complexity index is 1140. The van der Waals surface area contributed by atoms with Crippen LogP contribution in [0.5, 0.6) is 0 Å². The summed E-state index contributed by atoms with van der Waals surface area (Å²) in [6.45, 7) is -0.0121. The van der Waals surface area contributed by atoms with Gasteiger partial charge in [0, 0.05) is 26.8 Å². The molecule has 0 unspecified atom stereocenters. The number of benzene rings is 1. The molecule has 0 radical (unpaired) electrons. The summed E-state index contributed by atoms with van der Waals surface area (Å²) in [4.78, 5) is 23.2. The number of nitrogens with one attached hydrogen (secondary N) is 1. The highest BCUT2D eigenvalue weighted by molar-refractivity contribution is 7.89. The van der Waals surface area contributed by atoms with E-state index in [1.807, 2.05) is 0 Å². The highest BCUT2D eigenvalue weighted by atomic mass is 32.2. The summed E-state index contributed by atoms with van der Waals surface area (Å²) in [5, 5.41) is 0. The molecule has 2 aromatic heterocycles. The summed E-state index contributed by atoms with van der Waals surface area (Å²) in [6.07, 6.45) is 1.01. The van der Waals surface area contributed by atoms with E-state index in [4.69, 9.17) is 0 Å². The molecule has 126 valence electrons. The molecule has 0 saturated carbocycles. The fourth-order valence-corrected chi connectivity index (χ4v) is 3.85. The maximum Gasteiger partial charge on any atom is 0.330 e. The van der Waals surface area contributed by atoms with E-state index in [9.17, 15) is 18.0 Å². The third kappa shape index (κ3) is 2.88. The van der Waals surface area contributed by atoms with Crippen LogP contribution < -0.4 is 16.0 Å². The maximum atomic E-state index is 12.4. The van der Waals surface area contributed by atoms with Crippen molar-refractivity contribution in [3.05, 3.63) is 50.8 Å². The molecule has 2 heterocycles. The van der Waals surface area contributed by atoms with Crippen LogP contribution in [0.25, 0.3) is 11.0 Å². The van der Waals surface area contributed by atoms with Crippen molar-refractivity contribution in [3.63, 3.8) is 0 Å². The van der Waals surface area contributed by atoms with Crippen molar-refractivity contribution in [2.75, 3.05) is 0 Å². The fraction of sp³-hybridized carbons (Fsp3) is 0.231.